The second-order valence-electron chi connectivity index (χ2n) is 7.25. The van der Waals surface area contributed by atoms with Gasteiger partial charge in [-0.1, -0.05) is 49.4 Å². The van der Waals surface area contributed by atoms with E-state index in [2.05, 4.69) is 0 Å². The van der Waals surface area contributed by atoms with E-state index in [4.69, 9.17) is 0 Å². The van der Waals surface area contributed by atoms with E-state index in [1.807, 2.05) is 63.1 Å². The summed E-state index contributed by atoms with van der Waals surface area (Å²) in [5.41, 5.74) is 2.82. The molecule has 0 saturated carbocycles. The van der Waals surface area contributed by atoms with Crippen molar-refractivity contribution in [1.29, 1.82) is 0 Å². The van der Waals surface area contributed by atoms with Gasteiger partial charge in [-0.05, 0) is 61.6 Å². The number of rotatable bonds is 6. The average molecular weight is 415 g/mol. The predicted molar refractivity (Wildman–Crippen MR) is 116 cm³/mol. The fourth-order valence-corrected chi connectivity index (χ4v) is 3.39. The number of benzene rings is 1. The van der Waals surface area contributed by atoms with Crippen molar-refractivity contribution in [2.75, 3.05) is 0 Å². The minimum absolute atomic E-state index is 0.00545. The minimum atomic E-state index is -4.39. The molecule has 0 aliphatic carbocycles. The Hall–Kier alpha value is -2.82. The first-order valence-corrected chi connectivity index (χ1v) is 10.0. The summed E-state index contributed by atoms with van der Waals surface area (Å²) in [4.78, 5) is 14.0. The van der Waals surface area contributed by atoms with Crippen molar-refractivity contribution in [2.24, 2.45) is 0 Å². The Kier molecular flexibility index (Phi) is 7.65. The molecule has 1 atom stereocenters. The van der Waals surface area contributed by atoms with Crippen LogP contribution in [0.15, 0.2) is 77.7 Å². The van der Waals surface area contributed by atoms with Crippen LogP contribution in [0.4, 0.5) is 13.2 Å². The lowest BCUT2D eigenvalue weighted by Crippen LogP contribution is -2.31. The molecule has 1 aromatic rings. The van der Waals surface area contributed by atoms with Crippen LogP contribution in [0.5, 0.6) is 0 Å². The van der Waals surface area contributed by atoms with Crippen LogP contribution < -0.4 is 0 Å². The quantitative estimate of drug-likeness (QED) is 0.365. The van der Waals surface area contributed by atoms with Gasteiger partial charge in [-0.15, -0.1) is 0 Å². The summed E-state index contributed by atoms with van der Waals surface area (Å²) in [6, 6.07) is 5.36. The molecule has 0 saturated heterocycles. The van der Waals surface area contributed by atoms with Gasteiger partial charge in [-0.2, -0.15) is 13.2 Å². The second-order valence-corrected chi connectivity index (χ2v) is 7.25. The predicted octanol–water partition coefficient (Wildman–Crippen LogP) is 7.08. The van der Waals surface area contributed by atoms with Gasteiger partial charge >= 0.3 is 6.18 Å². The van der Waals surface area contributed by atoms with E-state index in [1.165, 1.54) is 19.1 Å². The summed E-state index contributed by atoms with van der Waals surface area (Å²) < 4.78 is 39.6. The van der Waals surface area contributed by atoms with Crippen LogP contribution in [-0.4, -0.2) is 16.7 Å². The van der Waals surface area contributed by atoms with Gasteiger partial charge in [0.05, 0.1) is 11.3 Å². The Labute approximate surface area is 176 Å². The Bertz CT molecular complexity index is 945. The topological polar surface area (TPSA) is 20.3 Å². The Morgan fingerprint density at radius 2 is 1.93 bits per heavy atom. The lowest BCUT2D eigenvalue weighted by molar-refractivity contribution is -0.137. The van der Waals surface area contributed by atoms with E-state index < -0.39 is 11.7 Å². The Morgan fingerprint density at radius 1 is 1.23 bits per heavy atom. The smallest absolute Gasteiger partial charge is 0.338 e. The van der Waals surface area contributed by atoms with Crippen LogP contribution in [0, 0.1) is 0 Å². The fourth-order valence-electron chi connectivity index (χ4n) is 3.39. The molecule has 1 aliphatic rings. The first-order chi connectivity index (χ1) is 14.1. The largest absolute Gasteiger partial charge is 0.416 e. The highest BCUT2D eigenvalue weighted by atomic mass is 19.4. The number of Topliss-reactive ketones (excluding diaryl/α,β-unsaturated/α-hetero) is 1. The van der Waals surface area contributed by atoms with Gasteiger partial charge in [0.15, 0.2) is 5.78 Å². The van der Waals surface area contributed by atoms with Gasteiger partial charge in [0.2, 0.25) is 0 Å². The van der Waals surface area contributed by atoms with E-state index in [-0.39, 0.29) is 11.8 Å². The molecule has 0 amide bonds. The maximum absolute atomic E-state index is 13.2. The SMILES string of the molecule is C/C=C(/C(C)=O)N1C=C(C(/C=C\CC)=C(/C)c2cccc(C(F)(F)F)c2)C=CC1C. The zero-order valence-corrected chi connectivity index (χ0v) is 18.0. The van der Waals surface area contributed by atoms with Crippen LogP contribution in [0.1, 0.15) is 52.2 Å². The molecule has 1 heterocycles. The number of alkyl halides is 3. The minimum Gasteiger partial charge on any atom is -0.338 e. The molecule has 0 radical (unpaired) electrons. The van der Waals surface area contributed by atoms with Crippen molar-refractivity contribution in [2.45, 2.75) is 53.3 Å². The summed E-state index contributed by atoms with van der Waals surface area (Å²) >= 11 is 0. The highest BCUT2D eigenvalue weighted by Crippen LogP contribution is 2.34. The molecule has 0 spiro atoms. The molecule has 0 N–H and O–H groups in total. The molecule has 2 nitrogen and oxygen atoms in total. The maximum Gasteiger partial charge on any atom is 0.416 e. The van der Waals surface area contributed by atoms with Gasteiger partial charge in [0.1, 0.15) is 0 Å². The highest BCUT2D eigenvalue weighted by Gasteiger charge is 2.30. The van der Waals surface area contributed by atoms with E-state index in [0.717, 1.165) is 29.2 Å². The summed E-state index contributed by atoms with van der Waals surface area (Å²) in [6.45, 7) is 9.15. The molecule has 0 fully saturated rings. The number of hydrogen-bond acceptors (Lipinski definition) is 2. The van der Waals surface area contributed by atoms with Crippen molar-refractivity contribution in [3.63, 3.8) is 0 Å². The van der Waals surface area contributed by atoms with Gasteiger partial charge in [-0.3, -0.25) is 4.79 Å². The number of ketones is 1. The zero-order chi connectivity index (χ0) is 22.5. The molecule has 160 valence electrons. The standard InChI is InChI=1S/C25H28F3NO/c1-6-8-12-23(18(4)20-10-9-11-22(15-20)25(26,27)28)21-14-13-17(3)29(16-21)24(7-2)19(5)30/h7-17H,6H2,1-5H3/b12-8-,23-18-,24-7-. The van der Waals surface area contributed by atoms with Crippen molar-refractivity contribution in [3.8, 4) is 0 Å². The lowest BCUT2D eigenvalue weighted by Gasteiger charge is -2.31. The molecule has 2 rings (SSSR count). The van der Waals surface area contributed by atoms with E-state index in [0.29, 0.717) is 11.3 Å². The normalized spacial score (nSPS) is 18.5. The Balaban J connectivity index is 2.63. The number of carbonyl (C=O) groups excluding carboxylic acids is 1. The van der Waals surface area contributed by atoms with Gasteiger partial charge in [0.25, 0.3) is 0 Å². The van der Waals surface area contributed by atoms with Crippen LogP contribution in [-0.2, 0) is 11.0 Å². The third-order valence-electron chi connectivity index (χ3n) is 5.04. The summed E-state index contributed by atoms with van der Waals surface area (Å²) in [6.07, 6.45) is 7.93. The van der Waals surface area contributed by atoms with Gasteiger partial charge in [0, 0.05) is 19.2 Å². The second kappa shape index (κ2) is 9.79. The number of halogens is 3. The first kappa shape index (κ1) is 23.5. The van der Waals surface area contributed by atoms with Crippen molar-refractivity contribution < 1.29 is 18.0 Å². The van der Waals surface area contributed by atoms with E-state index in [1.54, 1.807) is 12.1 Å². The molecular weight excluding hydrogens is 387 g/mol. The van der Waals surface area contributed by atoms with E-state index in [9.17, 15) is 18.0 Å². The third-order valence-corrected chi connectivity index (χ3v) is 5.04. The molecule has 0 aromatic heterocycles. The Morgan fingerprint density at radius 3 is 2.50 bits per heavy atom. The van der Waals surface area contributed by atoms with Gasteiger partial charge in [-0.25, -0.2) is 0 Å². The first-order valence-electron chi connectivity index (χ1n) is 10.0. The highest BCUT2D eigenvalue weighted by molar-refractivity contribution is 5.93. The summed E-state index contributed by atoms with van der Waals surface area (Å²) in [7, 11) is 0. The van der Waals surface area contributed by atoms with Crippen molar-refractivity contribution in [1.82, 2.24) is 4.90 Å². The molecule has 5 heteroatoms. The molecular formula is C25H28F3NO. The summed E-state index contributed by atoms with van der Waals surface area (Å²) in [5, 5.41) is 0. The lowest BCUT2D eigenvalue weighted by atomic mass is 9.92. The number of nitrogens with zero attached hydrogens (tertiary/aromatic N) is 1. The number of carbonyl (C=O) groups is 1. The molecule has 1 aliphatic heterocycles. The molecule has 0 bridgehead atoms. The third kappa shape index (κ3) is 5.41. The molecule has 30 heavy (non-hydrogen) atoms. The van der Waals surface area contributed by atoms with Crippen LogP contribution in [0.25, 0.3) is 5.57 Å². The molecule has 1 aromatic carbocycles. The van der Waals surface area contributed by atoms with Crippen molar-refractivity contribution >= 4 is 11.4 Å². The van der Waals surface area contributed by atoms with Crippen LogP contribution in [0.2, 0.25) is 0 Å². The molecule has 1 unspecified atom stereocenters. The average Bonchev–Trinajstić information content (AvgIpc) is 2.69. The summed E-state index contributed by atoms with van der Waals surface area (Å²) in [5.74, 6) is -0.0421. The zero-order valence-electron chi connectivity index (χ0n) is 18.0. The maximum atomic E-state index is 13.2. The van der Waals surface area contributed by atoms with E-state index >= 15 is 0 Å². The van der Waals surface area contributed by atoms with Gasteiger partial charge < -0.3 is 4.90 Å². The van der Waals surface area contributed by atoms with Crippen LogP contribution in [0.3, 0.4) is 0 Å². The monoisotopic (exact) mass is 415 g/mol. The number of hydrogen-bond donors (Lipinski definition) is 0. The van der Waals surface area contributed by atoms with Crippen LogP contribution >= 0.6 is 0 Å². The fraction of sp³-hybridized carbons (Fsp3) is 0.320. The number of allylic oxidation sites excluding steroid dienone is 8. The van der Waals surface area contributed by atoms with Crippen molar-refractivity contribution in [3.05, 3.63) is 88.8 Å².